The minimum atomic E-state index is -3.80. The second-order valence-electron chi connectivity index (χ2n) is 7.21. The zero-order chi connectivity index (χ0) is 21.7. The number of amides is 1. The van der Waals surface area contributed by atoms with Crippen LogP contribution in [0.3, 0.4) is 0 Å². The Balaban J connectivity index is 2.03. The molecule has 0 saturated carbocycles. The molecule has 0 bridgehead atoms. The van der Waals surface area contributed by atoms with E-state index in [4.69, 9.17) is 9.47 Å². The van der Waals surface area contributed by atoms with E-state index in [2.05, 4.69) is 10.0 Å². The molecule has 156 valence electrons. The summed E-state index contributed by atoms with van der Waals surface area (Å²) in [7, 11) is -2.33. The lowest BCUT2D eigenvalue weighted by molar-refractivity contribution is -0.119. The highest BCUT2D eigenvalue weighted by atomic mass is 32.2. The molecular weight excluding hydrogens is 396 g/mol. The number of nitrogens with one attached hydrogen (secondary N) is 2. The number of ether oxygens (including phenoxy) is 2. The Morgan fingerprint density at radius 1 is 1.03 bits per heavy atom. The highest BCUT2D eigenvalue weighted by molar-refractivity contribution is 7.89. The van der Waals surface area contributed by atoms with Crippen LogP contribution in [-0.2, 0) is 19.6 Å². The van der Waals surface area contributed by atoms with Crippen molar-refractivity contribution in [2.24, 2.45) is 0 Å². The van der Waals surface area contributed by atoms with Crippen molar-refractivity contribution in [3.63, 3.8) is 0 Å². The molecule has 0 aliphatic carbocycles. The van der Waals surface area contributed by atoms with Crippen molar-refractivity contribution in [3.05, 3.63) is 54.1 Å². The summed E-state index contributed by atoms with van der Waals surface area (Å²) in [6.07, 6.45) is 0. The third-order valence-corrected chi connectivity index (χ3v) is 5.29. The second-order valence-corrected chi connectivity index (χ2v) is 8.89. The number of hydrogen-bond donors (Lipinski definition) is 2. The van der Waals surface area contributed by atoms with Gasteiger partial charge in [-0.25, -0.2) is 17.9 Å². The normalized spacial score (nSPS) is 11.6. The number of rotatable bonds is 7. The minimum Gasteiger partial charge on any atom is -0.495 e. The zero-order valence-electron chi connectivity index (χ0n) is 16.7. The van der Waals surface area contributed by atoms with Crippen molar-refractivity contribution >= 4 is 27.6 Å². The molecule has 0 aliphatic rings. The number of para-hydroxylation sites is 2. The number of esters is 1. The molecule has 0 radical (unpaired) electrons. The van der Waals surface area contributed by atoms with Crippen LogP contribution in [0.25, 0.3) is 0 Å². The maximum atomic E-state index is 12.4. The molecule has 2 aromatic rings. The molecule has 0 aromatic heterocycles. The SMILES string of the molecule is COc1ccccc1NC(=O)COC(=O)c1cccc(S(=O)(=O)NC(C)(C)C)c1. The maximum Gasteiger partial charge on any atom is 0.338 e. The molecule has 0 spiro atoms. The maximum absolute atomic E-state index is 12.4. The number of anilines is 1. The van der Waals surface area contributed by atoms with E-state index in [0.29, 0.717) is 11.4 Å². The van der Waals surface area contributed by atoms with Crippen molar-refractivity contribution in [3.8, 4) is 5.75 Å². The minimum absolute atomic E-state index is 0.0203. The first-order chi connectivity index (χ1) is 13.5. The summed E-state index contributed by atoms with van der Waals surface area (Å²) in [6, 6.07) is 12.2. The summed E-state index contributed by atoms with van der Waals surface area (Å²) in [6.45, 7) is 4.60. The zero-order valence-corrected chi connectivity index (χ0v) is 17.5. The Hall–Kier alpha value is -2.91. The lowest BCUT2D eigenvalue weighted by Crippen LogP contribution is -2.40. The fourth-order valence-electron chi connectivity index (χ4n) is 2.40. The number of methoxy groups -OCH3 is 1. The van der Waals surface area contributed by atoms with Gasteiger partial charge in [0.2, 0.25) is 10.0 Å². The number of carbonyl (C=O) groups is 2. The summed E-state index contributed by atoms with van der Waals surface area (Å²) in [5.41, 5.74) is -0.212. The van der Waals surface area contributed by atoms with Crippen LogP contribution in [0.5, 0.6) is 5.75 Å². The molecule has 0 fully saturated rings. The Morgan fingerprint density at radius 2 is 1.72 bits per heavy atom. The van der Waals surface area contributed by atoms with Crippen molar-refractivity contribution in [1.29, 1.82) is 0 Å². The third-order valence-electron chi connectivity index (χ3n) is 3.54. The number of benzene rings is 2. The summed E-state index contributed by atoms with van der Waals surface area (Å²) in [4.78, 5) is 24.2. The van der Waals surface area contributed by atoms with Crippen molar-refractivity contribution in [1.82, 2.24) is 4.72 Å². The van der Waals surface area contributed by atoms with Crippen molar-refractivity contribution in [2.45, 2.75) is 31.2 Å². The first kappa shape index (κ1) is 22.4. The van der Waals surface area contributed by atoms with E-state index in [-0.39, 0.29) is 10.5 Å². The van der Waals surface area contributed by atoms with Crippen LogP contribution in [-0.4, -0.2) is 39.5 Å². The molecule has 0 saturated heterocycles. The molecule has 2 aromatic carbocycles. The van der Waals surface area contributed by atoms with Gasteiger partial charge in [-0.1, -0.05) is 18.2 Å². The quantitative estimate of drug-likeness (QED) is 0.666. The van der Waals surface area contributed by atoms with Gasteiger partial charge in [0.1, 0.15) is 5.75 Å². The molecule has 0 unspecified atom stereocenters. The standard InChI is InChI=1S/C20H24N2O6S/c1-20(2,3)22-29(25,26)15-9-7-8-14(12-15)19(24)28-13-18(23)21-16-10-5-6-11-17(16)27-4/h5-12,22H,13H2,1-4H3,(H,21,23). The molecule has 2 N–H and O–H groups in total. The molecule has 0 aliphatic heterocycles. The van der Waals surface area contributed by atoms with Crippen molar-refractivity contribution in [2.75, 3.05) is 19.0 Å². The van der Waals surface area contributed by atoms with Crippen molar-refractivity contribution < 1.29 is 27.5 Å². The van der Waals surface area contributed by atoms with Crippen LogP contribution in [0.4, 0.5) is 5.69 Å². The van der Waals surface area contributed by atoms with Crippen LogP contribution < -0.4 is 14.8 Å². The summed E-state index contributed by atoms with van der Waals surface area (Å²) in [5.74, 6) is -0.898. The average molecular weight is 420 g/mol. The largest absolute Gasteiger partial charge is 0.495 e. The first-order valence-electron chi connectivity index (χ1n) is 8.76. The van der Waals surface area contributed by atoms with E-state index in [0.717, 1.165) is 0 Å². The Bertz CT molecular complexity index is 996. The topological polar surface area (TPSA) is 111 Å². The molecule has 1 amide bonds. The Kier molecular flexibility index (Phi) is 6.99. The smallest absolute Gasteiger partial charge is 0.338 e. The van der Waals surface area contributed by atoms with Gasteiger partial charge in [-0.2, -0.15) is 0 Å². The van der Waals surface area contributed by atoms with E-state index < -0.39 is 34.0 Å². The van der Waals surface area contributed by atoms with Gasteiger partial charge >= 0.3 is 5.97 Å². The second kappa shape index (κ2) is 9.06. The Labute approximate surface area is 170 Å². The molecule has 0 atom stereocenters. The molecule has 8 nitrogen and oxygen atoms in total. The first-order valence-corrected chi connectivity index (χ1v) is 10.2. The highest BCUT2D eigenvalue weighted by Crippen LogP contribution is 2.22. The van der Waals surface area contributed by atoms with E-state index in [1.54, 1.807) is 45.0 Å². The van der Waals surface area contributed by atoms with E-state index >= 15 is 0 Å². The predicted molar refractivity (Wildman–Crippen MR) is 108 cm³/mol. The van der Waals surface area contributed by atoms with Crippen LogP contribution in [0.2, 0.25) is 0 Å². The number of carbonyl (C=O) groups excluding carboxylic acids is 2. The summed E-state index contributed by atoms with van der Waals surface area (Å²) < 4.78 is 37.5. The van der Waals surface area contributed by atoms with Gasteiger partial charge in [0.05, 0.1) is 23.3 Å². The van der Waals surface area contributed by atoms with Gasteiger partial charge in [-0.05, 0) is 51.1 Å². The summed E-state index contributed by atoms with van der Waals surface area (Å²) in [5, 5.41) is 2.58. The van der Waals surface area contributed by atoms with Gasteiger partial charge in [-0.15, -0.1) is 0 Å². The van der Waals surface area contributed by atoms with Crippen LogP contribution in [0.15, 0.2) is 53.4 Å². The molecule has 2 rings (SSSR count). The van der Waals surface area contributed by atoms with Gasteiger partial charge in [0.15, 0.2) is 6.61 Å². The summed E-state index contributed by atoms with van der Waals surface area (Å²) >= 11 is 0. The fourth-order valence-corrected chi connectivity index (χ4v) is 3.86. The molecule has 0 heterocycles. The van der Waals surface area contributed by atoms with Crippen LogP contribution in [0.1, 0.15) is 31.1 Å². The molecular formula is C20H24N2O6S. The third kappa shape index (κ3) is 6.58. The lowest BCUT2D eigenvalue weighted by Gasteiger charge is -2.20. The Morgan fingerprint density at radius 3 is 2.38 bits per heavy atom. The highest BCUT2D eigenvalue weighted by Gasteiger charge is 2.23. The van der Waals surface area contributed by atoms with E-state index in [1.807, 2.05) is 0 Å². The van der Waals surface area contributed by atoms with Gasteiger partial charge < -0.3 is 14.8 Å². The predicted octanol–water partition coefficient (Wildman–Crippen LogP) is 2.57. The van der Waals surface area contributed by atoms with Crippen LogP contribution in [0, 0.1) is 0 Å². The van der Waals surface area contributed by atoms with Gasteiger partial charge in [-0.3, -0.25) is 4.79 Å². The lowest BCUT2D eigenvalue weighted by atomic mass is 10.1. The average Bonchev–Trinajstić information content (AvgIpc) is 2.65. The van der Waals surface area contributed by atoms with Gasteiger partial charge in [0.25, 0.3) is 5.91 Å². The number of sulfonamides is 1. The van der Waals surface area contributed by atoms with Crippen LogP contribution >= 0.6 is 0 Å². The number of hydrogen-bond acceptors (Lipinski definition) is 6. The van der Waals surface area contributed by atoms with E-state index in [9.17, 15) is 18.0 Å². The van der Waals surface area contributed by atoms with Gasteiger partial charge in [0, 0.05) is 5.54 Å². The van der Waals surface area contributed by atoms with E-state index in [1.165, 1.54) is 31.4 Å². The molecule has 9 heteroatoms. The monoisotopic (exact) mass is 420 g/mol. The fraction of sp³-hybridized carbons (Fsp3) is 0.300. The molecule has 29 heavy (non-hydrogen) atoms.